The van der Waals surface area contributed by atoms with Gasteiger partial charge in [0, 0.05) is 27.1 Å². The summed E-state index contributed by atoms with van der Waals surface area (Å²) in [6, 6.07) is 18.0. The van der Waals surface area contributed by atoms with Gasteiger partial charge in [-0.15, -0.1) is 0 Å². The smallest absolute Gasteiger partial charge is 0.259 e. The molecule has 41 heavy (non-hydrogen) atoms. The summed E-state index contributed by atoms with van der Waals surface area (Å²) in [5, 5.41) is 19.4. The van der Waals surface area contributed by atoms with Crippen molar-refractivity contribution < 1.29 is 24.2 Å². The van der Waals surface area contributed by atoms with Crippen LogP contribution in [0.1, 0.15) is 15.9 Å². The average Bonchev–Trinajstić information content (AvgIpc) is 2.99. The summed E-state index contributed by atoms with van der Waals surface area (Å²) in [5.74, 6) is -0.339. The van der Waals surface area contributed by atoms with E-state index in [1.165, 1.54) is 44.6 Å². The van der Waals surface area contributed by atoms with Gasteiger partial charge in [0.25, 0.3) is 11.5 Å². The fourth-order valence-electron chi connectivity index (χ4n) is 5.18. The first-order chi connectivity index (χ1) is 19.9. The number of methoxy groups -OCH3 is 2. The maximum Gasteiger partial charge on any atom is 0.259 e. The van der Waals surface area contributed by atoms with Gasteiger partial charge in [0.05, 0.1) is 36.6 Å². The van der Waals surface area contributed by atoms with Crippen LogP contribution in [0, 0.1) is 0 Å². The lowest BCUT2D eigenvalue weighted by atomic mass is 9.92. The minimum Gasteiger partial charge on any atom is -0.871 e. The van der Waals surface area contributed by atoms with Crippen molar-refractivity contribution in [3.8, 4) is 17.2 Å². The summed E-state index contributed by atoms with van der Waals surface area (Å²) >= 11 is 0. The van der Waals surface area contributed by atoms with E-state index in [4.69, 9.17) is 9.47 Å². The Morgan fingerprint density at radius 1 is 0.756 bits per heavy atom. The Kier molecular flexibility index (Phi) is 6.35. The van der Waals surface area contributed by atoms with E-state index in [1.807, 2.05) is 48.5 Å². The molecule has 202 valence electrons. The van der Waals surface area contributed by atoms with E-state index >= 15 is 0 Å². The molecule has 0 spiro atoms. The lowest BCUT2D eigenvalue weighted by Crippen LogP contribution is -2.27. The van der Waals surface area contributed by atoms with Gasteiger partial charge >= 0.3 is 0 Å². The number of ketones is 1. The van der Waals surface area contributed by atoms with E-state index in [1.54, 1.807) is 12.1 Å². The molecule has 2 N–H and O–H groups in total. The maximum absolute atomic E-state index is 13.2. The second kappa shape index (κ2) is 10.2. The molecule has 2 heterocycles. The molecule has 1 aliphatic heterocycles. The predicted octanol–water partition coefficient (Wildman–Crippen LogP) is 5.26. The van der Waals surface area contributed by atoms with Gasteiger partial charge in [0.2, 0.25) is 5.78 Å². The van der Waals surface area contributed by atoms with E-state index in [2.05, 4.69) is 10.3 Å². The number of nitrogens with one attached hydrogen (secondary N) is 2. The molecule has 0 atom stereocenters. The monoisotopic (exact) mass is 543 g/mol. The van der Waals surface area contributed by atoms with Crippen LogP contribution >= 0.6 is 0 Å². The highest BCUT2D eigenvalue weighted by Crippen LogP contribution is 2.39. The maximum atomic E-state index is 13.2. The molecule has 6 rings (SSSR count). The third-order valence-electron chi connectivity index (χ3n) is 7.15. The number of pyridine rings is 1. The summed E-state index contributed by atoms with van der Waals surface area (Å²) in [6.45, 7) is 0. The van der Waals surface area contributed by atoms with E-state index in [-0.39, 0.29) is 11.1 Å². The zero-order chi connectivity index (χ0) is 28.7. The largest absolute Gasteiger partial charge is 0.871 e. The van der Waals surface area contributed by atoms with Crippen LogP contribution in [0.3, 0.4) is 0 Å². The van der Waals surface area contributed by atoms with Crippen LogP contribution in [0.2, 0.25) is 0 Å². The Balaban J connectivity index is 1.32. The minimum atomic E-state index is -0.527. The van der Waals surface area contributed by atoms with E-state index in [0.717, 1.165) is 10.8 Å². The van der Waals surface area contributed by atoms with E-state index in [9.17, 15) is 19.5 Å². The fraction of sp³-hybridized carbons (Fsp3) is 0.0606. The van der Waals surface area contributed by atoms with Crippen molar-refractivity contribution in [2.75, 3.05) is 19.5 Å². The van der Waals surface area contributed by atoms with Crippen LogP contribution in [0.15, 0.2) is 95.3 Å². The van der Waals surface area contributed by atoms with Crippen molar-refractivity contribution in [2.24, 2.45) is 0 Å². The first kappa shape index (κ1) is 25.6. The van der Waals surface area contributed by atoms with Crippen LogP contribution in [-0.2, 0) is 4.79 Å². The lowest BCUT2D eigenvalue weighted by Gasteiger charge is -2.21. The number of carbonyl (C=O) groups is 2. The van der Waals surface area contributed by atoms with Gasteiger partial charge in [0.15, 0.2) is 0 Å². The predicted molar refractivity (Wildman–Crippen MR) is 158 cm³/mol. The van der Waals surface area contributed by atoms with Gasteiger partial charge in [-0.05, 0) is 23.6 Å². The van der Waals surface area contributed by atoms with Crippen molar-refractivity contribution in [3.05, 3.63) is 112 Å². The number of anilines is 1. The number of rotatable bonds is 5. The molecule has 0 saturated carbocycles. The number of carbonyl (C=O) groups excluding carboxylic acids is 2. The standard InChI is InChI=1S/C33H24N2O6/c1-40-26-16-24-28(20-12-8-6-10-18(20)26)34-32(38)22(30(24)36)14-4-3-5-15-23-31(37)25-17-27(41-2)19-11-7-9-13-21(19)29(25)35-33(23)39/h3-17H,1-2H3,(H,34,38)(H2,35,37,39)/p-1. The number of aromatic nitrogens is 1. The van der Waals surface area contributed by atoms with Crippen molar-refractivity contribution in [1.29, 1.82) is 0 Å². The number of ether oxygens (including phenoxy) is 2. The summed E-state index contributed by atoms with van der Waals surface area (Å²) < 4.78 is 10.9. The Morgan fingerprint density at radius 3 is 2.10 bits per heavy atom. The fourth-order valence-corrected chi connectivity index (χ4v) is 5.18. The second-order valence-electron chi connectivity index (χ2n) is 9.40. The highest BCUT2D eigenvalue weighted by atomic mass is 16.5. The van der Waals surface area contributed by atoms with Gasteiger partial charge in [-0.25, -0.2) is 0 Å². The molecule has 0 fully saturated rings. The summed E-state index contributed by atoms with van der Waals surface area (Å²) in [6.07, 6.45) is 7.33. The molecule has 1 aliphatic rings. The summed E-state index contributed by atoms with van der Waals surface area (Å²) in [7, 11) is 3.05. The molecule has 1 aromatic heterocycles. The van der Waals surface area contributed by atoms with E-state index < -0.39 is 23.0 Å². The molecule has 0 aliphatic carbocycles. The quantitative estimate of drug-likeness (QED) is 0.135. The van der Waals surface area contributed by atoms with Crippen molar-refractivity contribution in [1.82, 2.24) is 4.98 Å². The van der Waals surface area contributed by atoms with Crippen LogP contribution < -0.4 is 25.5 Å². The average molecular weight is 544 g/mol. The Bertz CT molecular complexity index is 2070. The molecular formula is C33H23N2O6-. The van der Waals surface area contributed by atoms with Crippen LogP contribution in [0.4, 0.5) is 5.69 Å². The molecule has 0 unspecified atom stereocenters. The van der Waals surface area contributed by atoms with Crippen molar-refractivity contribution in [2.45, 2.75) is 0 Å². The Labute approximate surface area is 233 Å². The normalized spacial score (nSPS) is 14.4. The summed E-state index contributed by atoms with van der Waals surface area (Å²) in [5.41, 5.74) is 0.594. The highest BCUT2D eigenvalue weighted by molar-refractivity contribution is 6.36. The van der Waals surface area contributed by atoms with E-state index in [0.29, 0.717) is 44.4 Å². The lowest BCUT2D eigenvalue weighted by molar-refractivity contribution is -0.266. The summed E-state index contributed by atoms with van der Waals surface area (Å²) in [4.78, 5) is 41.7. The van der Waals surface area contributed by atoms with Gasteiger partial charge < -0.3 is 24.9 Å². The first-order valence-corrected chi connectivity index (χ1v) is 12.8. The topological polar surface area (TPSA) is 121 Å². The number of Topliss-reactive ketones (excluding diaryl/α,β-unsaturated/α-hetero) is 1. The number of amides is 1. The molecule has 0 saturated heterocycles. The third-order valence-corrected chi connectivity index (χ3v) is 7.15. The number of aromatic amines is 1. The molecule has 4 aromatic carbocycles. The molecule has 5 aromatic rings. The number of benzene rings is 4. The van der Waals surface area contributed by atoms with Gasteiger partial charge in [-0.1, -0.05) is 78.6 Å². The Morgan fingerprint density at radius 2 is 1.39 bits per heavy atom. The zero-order valence-corrected chi connectivity index (χ0v) is 22.1. The highest BCUT2D eigenvalue weighted by Gasteiger charge is 2.30. The molecule has 0 radical (unpaired) electrons. The number of hydrogen-bond acceptors (Lipinski definition) is 6. The number of H-pyrrole nitrogens is 1. The van der Waals surface area contributed by atoms with Crippen molar-refractivity contribution >= 4 is 55.9 Å². The molecular weight excluding hydrogens is 520 g/mol. The molecule has 8 heteroatoms. The van der Waals surface area contributed by atoms with Crippen molar-refractivity contribution in [3.63, 3.8) is 0 Å². The Hall–Kier alpha value is -5.63. The number of fused-ring (bicyclic) bond motifs is 6. The molecule has 1 amide bonds. The SMILES string of the molecule is COc1cc2c(c3ccccc13)NC(=O)C(=CC=CC=Cc1c([O-])c3cc(OC)c4ccccc4c3[nH]c1=O)C2=O. The zero-order valence-electron chi connectivity index (χ0n) is 22.1. The van der Waals surface area contributed by atoms with Gasteiger partial charge in [-0.2, -0.15) is 0 Å². The van der Waals surface area contributed by atoms with Crippen LogP contribution in [-0.4, -0.2) is 30.9 Å². The van der Waals surface area contributed by atoms with Gasteiger partial charge in [0.1, 0.15) is 11.5 Å². The molecule has 8 nitrogen and oxygen atoms in total. The number of allylic oxidation sites excluding steroid dienone is 4. The third kappa shape index (κ3) is 4.22. The number of hydrogen-bond donors (Lipinski definition) is 2. The van der Waals surface area contributed by atoms with Gasteiger partial charge in [-0.3, -0.25) is 14.4 Å². The van der Waals surface area contributed by atoms with Crippen LogP contribution in [0.5, 0.6) is 17.2 Å². The van der Waals surface area contributed by atoms with Crippen LogP contribution in [0.25, 0.3) is 38.5 Å². The second-order valence-corrected chi connectivity index (χ2v) is 9.40. The molecule has 0 bridgehead atoms. The minimum absolute atomic E-state index is 0.0495. The first-order valence-electron chi connectivity index (χ1n) is 12.8.